The van der Waals surface area contributed by atoms with Gasteiger partial charge in [-0.05, 0) is 18.7 Å². The number of hydrogen-bond donors (Lipinski definition) is 1. The zero-order valence-electron chi connectivity index (χ0n) is 10.2. The summed E-state index contributed by atoms with van der Waals surface area (Å²) in [7, 11) is 4.09. The van der Waals surface area contributed by atoms with Crippen LogP contribution in [0.15, 0.2) is 12.3 Å². The smallest absolute Gasteiger partial charge is 0.0594 e. The Labute approximate surface area is 97.2 Å². The number of nitrogens with one attached hydrogen (secondary N) is 1. The third kappa shape index (κ3) is 2.84. The molecule has 1 N–H and O–H groups in total. The van der Waals surface area contributed by atoms with Gasteiger partial charge in [0.15, 0.2) is 0 Å². The zero-order chi connectivity index (χ0) is 11.4. The molecular formula is C12H21N3O. The molecule has 0 aromatic carbocycles. The number of hydrogen-bond acceptors (Lipinski definition) is 3. The van der Waals surface area contributed by atoms with Crippen LogP contribution in [0, 0.1) is 0 Å². The van der Waals surface area contributed by atoms with E-state index in [-0.39, 0.29) is 0 Å². The second-order valence-corrected chi connectivity index (χ2v) is 4.37. The van der Waals surface area contributed by atoms with Gasteiger partial charge in [-0.15, -0.1) is 0 Å². The first-order chi connectivity index (χ1) is 7.79. The molecule has 1 aromatic heterocycles. The highest BCUT2D eigenvalue weighted by Gasteiger charge is 2.12. The highest BCUT2D eigenvalue weighted by atomic mass is 16.5. The van der Waals surface area contributed by atoms with Crippen LogP contribution in [0.25, 0.3) is 0 Å². The molecule has 4 heteroatoms. The van der Waals surface area contributed by atoms with Crippen LogP contribution in [0.3, 0.4) is 0 Å². The first-order valence-corrected chi connectivity index (χ1v) is 5.88. The largest absolute Gasteiger partial charge is 0.379 e. The molecular weight excluding hydrogens is 202 g/mol. The van der Waals surface area contributed by atoms with Crippen molar-refractivity contribution in [2.75, 3.05) is 33.4 Å². The van der Waals surface area contributed by atoms with Gasteiger partial charge in [0.25, 0.3) is 0 Å². The molecule has 0 radical (unpaired) electrons. The molecule has 0 spiro atoms. The van der Waals surface area contributed by atoms with E-state index < -0.39 is 0 Å². The van der Waals surface area contributed by atoms with Crippen LogP contribution in [0.1, 0.15) is 11.3 Å². The molecule has 0 atom stereocenters. The minimum Gasteiger partial charge on any atom is -0.379 e. The lowest BCUT2D eigenvalue weighted by atomic mass is 10.2. The fourth-order valence-electron chi connectivity index (χ4n) is 2.15. The standard InChI is InChI=1S/C12H21N3O/c1-13-8-12-7-11(9-14(12)2)10-15-3-5-16-6-4-15/h7,9,13H,3-6,8,10H2,1-2H3. The van der Waals surface area contributed by atoms with Crippen molar-refractivity contribution in [2.45, 2.75) is 13.1 Å². The number of rotatable bonds is 4. The van der Waals surface area contributed by atoms with Crippen LogP contribution in [0.2, 0.25) is 0 Å². The second-order valence-electron chi connectivity index (χ2n) is 4.37. The van der Waals surface area contributed by atoms with E-state index in [4.69, 9.17) is 4.74 Å². The predicted octanol–water partition coefficient (Wildman–Crippen LogP) is 0.577. The van der Waals surface area contributed by atoms with Crippen LogP contribution in [-0.4, -0.2) is 42.8 Å². The van der Waals surface area contributed by atoms with E-state index in [1.165, 1.54) is 11.3 Å². The van der Waals surface area contributed by atoms with Gasteiger partial charge in [0, 0.05) is 45.1 Å². The Morgan fingerprint density at radius 3 is 2.81 bits per heavy atom. The number of nitrogens with zero attached hydrogens (tertiary/aromatic N) is 2. The lowest BCUT2D eigenvalue weighted by Gasteiger charge is -2.26. The van der Waals surface area contributed by atoms with Crippen LogP contribution >= 0.6 is 0 Å². The molecule has 2 rings (SSSR count). The van der Waals surface area contributed by atoms with E-state index in [1.54, 1.807) is 0 Å². The van der Waals surface area contributed by atoms with Gasteiger partial charge in [-0.2, -0.15) is 0 Å². The molecule has 2 heterocycles. The SMILES string of the molecule is CNCc1cc(CN2CCOCC2)cn1C. The van der Waals surface area contributed by atoms with Gasteiger partial charge < -0.3 is 14.6 Å². The number of aromatic nitrogens is 1. The van der Waals surface area contributed by atoms with Crippen LogP contribution < -0.4 is 5.32 Å². The quantitative estimate of drug-likeness (QED) is 0.809. The highest BCUT2D eigenvalue weighted by Crippen LogP contribution is 2.11. The molecule has 0 saturated carbocycles. The minimum absolute atomic E-state index is 0.871. The summed E-state index contributed by atoms with van der Waals surface area (Å²) < 4.78 is 7.55. The Kier molecular flexibility index (Phi) is 3.98. The van der Waals surface area contributed by atoms with Crippen molar-refractivity contribution < 1.29 is 4.74 Å². The van der Waals surface area contributed by atoms with Crippen LogP contribution in [0.5, 0.6) is 0 Å². The number of ether oxygens (including phenoxy) is 1. The monoisotopic (exact) mass is 223 g/mol. The fourth-order valence-corrected chi connectivity index (χ4v) is 2.15. The first kappa shape index (κ1) is 11.6. The van der Waals surface area contributed by atoms with Gasteiger partial charge in [-0.1, -0.05) is 0 Å². The Bertz CT molecular complexity index is 329. The topological polar surface area (TPSA) is 29.4 Å². The fraction of sp³-hybridized carbons (Fsp3) is 0.667. The van der Waals surface area contributed by atoms with E-state index in [2.05, 4.69) is 34.1 Å². The van der Waals surface area contributed by atoms with Crippen molar-refractivity contribution in [1.82, 2.24) is 14.8 Å². The summed E-state index contributed by atoms with van der Waals surface area (Å²) in [6.45, 7) is 5.82. The van der Waals surface area contributed by atoms with E-state index in [9.17, 15) is 0 Å². The zero-order valence-corrected chi connectivity index (χ0v) is 10.2. The van der Waals surface area contributed by atoms with Crippen molar-refractivity contribution in [2.24, 2.45) is 7.05 Å². The minimum atomic E-state index is 0.871. The van der Waals surface area contributed by atoms with Crippen LogP contribution in [0.4, 0.5) is 0 Å². The van der Waals surface area contributed by atoms with Crippen molar-refractivity contribution in [3.05, 3.63) is 23.5 Å². The summed E-state index contributed by atoms with van der Waals surface area (Å²) in [6.07, 6.45) is 2.22. The van der Waals surface area contributed by atoms with Gasteiger partial charge >= 0.3 is 0 Å². The summed E-state index contributed by atoms with van der Waals surface area (Å²) in [5, 5.41) is 3.19. The molecule has 90 valence electrons. The maximum absolute atomic E-state index is 5.35. The average Bonchev–Trinajstić information content (AvgIpc) is 2.61. The van der Waals surface area contributed by atoms with Crippen LogP contribution in [-0.2, 0) is 24.9 Å². The summed E-state index contributed by atoms with van der Waals surface area (Å²) in [6, 6.07) is 2.28. The molecule has 1 saturated heterocycles. The second kappa shape index (κ2) is 5.48. The summed E-state index contributed by atoms with van der Waals surface area (Å²) in [5.74, 6) is 0. The molecule has 0 amide bonds. The van der Waals surface area contributed by atoms with Gasteiger partial charge in [0.1, 0.15) is 0 Å². The molecule has 1 aromatic rings. The molecule has 0 unspecified atom stereocenters. The maximum Gasteiger partial charge on any atom is 0.0594 e. The number of morpholine rings is 1. The molecule has 1 aliphatic rings. The van der Waals surface area contributed by atoms with Gasteiger partial charge in [0.05, 0.1) is 13.2 Å². The summed E-state index contributed by atoms with van der Waals surface area (Å²) in [5.41, 5.74) is 2.74. The predicted molar refractivity (Wildman–Crippen MR) is 64.3 cm³/mol. The van der Waals surface area contributed by atoms with E-state index in [0.717, 1.165) is 39.4 Å². The van der Waals surface area contributed by atoms with Gasteiger partial charge in [-0.25, -0.2) is 0 Å². The third-order valence-electron chi connectivity index (χ3n) is 3.03. The molecule has 1 aliphatic heterocycles. The van der Waals surface area contributed by atoms with Crippen molar-refractivity contribution in [3.8, 4) is 0 Å². The molecule has 1 fully saturated rings. The first-order valence-electron chi connectivity index (χ1n) is 5.88. The summed E-state index contributed by atoms with van der Waals surface area (Å²) >= 11 is 0. The number of aryl methyl sites for hydroxylation is 1. The van der Waals surface area contributed by atoms with Crippen molar-refractivity contribution in [1.29, 1.82) is 0 Å². The Balaban J connectivity index is 1.95. The Morgan fingerprint density at radius 2 is 2.12 bits per heavy atom. The third-order valence-corrected chi connectivity index (χ3v) is 3.03. The maximum atomic E-state index is 5.35. The van der Waals surface area contributed by atoms with Crippen molar-refractivity contribution >= 4 is 0 Å². The lowest BCUT2D eigenvalue weighted by Crippen LogP contribution is -2.35. The van der Waals surface area contributed by atoms with Gasteiger partial charge in [-0.3, -0.25) is 4.90 Å². The molecule has 0 aliphatic carbocycles. The lowest BCUT2D eigenvalue weighted by molar-refractivity contribution is 0.0342. The normalized spacial score (nSPS) is 17.9. The molecule has 16 heavy (non-hydrogen) atoms. The van der Waals surface area contributed by atoms with E-state index in [0.29, 0.717) is 0 Å². The van der Waals surface area contributed by atoms with Gasteiger partial charge in [0.2, 0.25) is 0 Å². The van der Waals surface area contributed by atoms with E-state index in [1.807, 2.05) is 7.05 Å². The Hall–Kier alpha value is -0.840. The molecule has 0 bridgehead atoms. The molecule has 4 nitrogen and oxygen atoms in total. The van der Waals surface area contributed by atoms with Crippen molar-refractivity contribution in [3.63, 3.8) is 0 Å². The van der Waals surface area contributed by atoms with E-state index >= 15 is 0 Å². The Morgan fingerprint density at radius 1 is 1.38 bits per heavy atom. The summed E-state index contributed by atoms with van der Waals surface area (Å²) in [4.78, 5) is 2.45. The highest BCUT2D eigenvalue weighted by molar-refractivity contribution is 5.18. The average molecular weight is 223 g/mol.